The lowest BCUT2D eigenvalue weighted by molar-refractivity contribution is 0.103. The monoisotopic (exact) mass is 304 g/mol. The Morgan fingerprint density at radius 2 is 1.95 bits per heavy atom. The summed E-state index contributed by atoms with van der Waals surface area (Å²) in [5.41, 5.74) is 7.62. The predicted octanol–water partition coefficient (Wildman–Crippen LogP) is 3.32. The quantitative estimate of drug-likeness (QED) is 0.812. The lowest BCUT2D eigenvalue weighted by Gasteiger charge is -2.22. The molecule has 0 saturated heterocycles. The van der Waals surface area contributed by atoms with Crippen LogP contribution in [0, 0.1) is 0 Å². The standard InChI is InChI=1S/C15H20N4OS/c1-15(2,3)9-7-5-6-8-10(9)18-13(20)11-12(16)19-14(17-4)21-11/h5-8H,16H2,1-4H3,(H,17,19)(H,18,20). The minimum atomic E-state index is -0.233. The molecule has 0 unspecified atom stereocenters. The van der Waals surface area contributed by atoms with E-state index in [2.05, 4.69) is 36.4 Å². The second kappa shape index (κ2) is 5.73. The van der Waals surface area contributed by atoms with Gasteiger partial charge in [0.1, 0.15) is 10.7 Å². The van der Waals surface area contributed by atoms with Crippen LogP contribution in [0.5, 0.6) is 0 Å². The molecule has 2 aromatic rings. The summed E-state index contributed by atoms with van der Waals surface area (Å²) < 4.78 is 0. The van der Waals surface area contributed by atoms with Gasteiger partial charge in [-0.15, -0.1) is 0 Å². The van der Waals surface area contributed by atoms with E-state index < -0.39 is 0 Å². The fraction of sp³-hybridized carbons (Fsp3) is 0.333. The van der Waals surface area contributed by atoms with Gasteiger partial charge in [0.05, 0.1) is 0 Å². The average molecular weight is 304 g/mol. The van der Waals surface area contributed by atoms with Crippen molar-refractivity contribution in [3.63, 3.8) is 0 Å². The molecule has 1 amide bonds. The third-order valence-electron chi connectivity index (χ3n) is 3.06. The van der Waals surface area contributed by atoms with Gasteiger partial charge in [0, 0.05) is 12.7 Å². The molecular formula is C15H20N4OS. The fourth-order valence-electron chi connectivity index (χ4n) is 2.03. The van der Waals surface area contributed by atoms with Crippen LogP contribution in [0.2, 0.25) is 0 Å². The molecule has 1 aromatic heterocycles. The maximum atomic E-state index is 12.4. The highest BCUT2D eigenvalue weighted by molar-refractivity contribution is 7.18. The van der Waals surface area contributed by atoms with Crippen molar-refractivity contribution >= 4 is 33.9 Å². The number of amides is 1. The molecular weight excluding hydrogens is 284 g/mol. The lowest BCUT2D eigenvalue weighted by Crippen LogP contribution is -2.18. The number of hydrogen-bond acceptors (Lipinski definition) is 5. The molecule has 6 heteroatoms. The molecule has 4 N–H and O–H groups in total. The van der Waals surface area contributed by atoms with Gasteiger partial charge in [-0.25, -0.2) is 4.98 Å². The highest BCUT2D eigenvalue weighted by Gasteiger charge is 2.21. The number of nitrogens with zero attached hydrogens (tertiary/aromatic N) is 1. The van der Waals surface area contributed by atoms with Crippen molar-refractivity contribution in [1.29, 1.82) is 0 Å². The van der Waals surface area contributed by atoms with Crippen molar-refractivity contribution in [2.75, 3.05) is 23.4 Å². The summed E-state index contributed by atoms with van der Waals surface area (Å²) in [5, 5.41) is 6.45. The van der Waals surface area contributed by atoms with Crippen LogP contribution in [0.1, 0.15) is 36.0 Å². The molecule has 5 nitrogen and oxygen atoms in total. The Bertz CT molecular complexity index is 658. The number of anilines is 3. The van der Waals surface area contributed by atoms with Gasteiger partial charge in [-0.2, -0.15) is 0 Å². The number of thiazole rings is 1. The minimum absolute atomic E-state index is 0.0563. The van der Waals surface area contributed by atoms with Crippen molar-refractivity contribution in [3.8, 4) is 0 Å². The van der Waals surface area contributed by atoms with Crippen molar-refractivity contribution in [3.05, 3.63) is 34.7 Å². The van der Waals surface area contributed by atoms with Gasteiger partial charge < -0.3 is 16.4 Å². The summed E-state index contributed by atoms with van der Waals surface area (Å²) in [6, 6.07) is 7.79. The number of nitrogens with one attached hydrogen (secondary N) is 2. The number of para-hydroxylation sites is 1. The lowest BCUT2D eigenvalue weighted by atomic mass is 9.86. The first kappa shape index (κ1) is 15.3. The molecule has 0 aliphatic rings. The van der Waals surface area contributed by atoms with Crippen molar-refractivity contribution < 1.29 is 4.79 Å². The SMILES string of the molecule is CNc1nc(N)c(C(=O)Nc2ccccc2C(C)(C)C)s1. The van der Waals surface area contributed by atoms with E-state index in [-0.39, 0.29) is 17.1 Å². The number of carbonyl (C=O) groups excluding carboxylic acids is 1. The number of hydrogen-bond donors (Lipinski definition) is 3. The first-order valence-electron chi connectivity index (χ1n) is 6.68. The maximum Gasteiger partial charge on any atom is 0.269 e. The fourth-order valence-corrected chi connectivity index (χ4v) is 2.76. The van der Waals surface area contributed by atoms with Crippen molar-refractivity contribution in [2.24, 2.45) is 0 Å². The van der Waals surface area contributed by atoms with Crippen LogP contribution < -0.4 is 16.4 Å². The van der Waals surface area contributed by atoms with E-state index in [1.165, 1.54) is 11.3 Å². The van der Waals surface area contributed by atoms with Gasteiger partial charge in [-0.1, -0.05) is 50.3 Å². The molecule has 0 aliphatic heterocycles. The van der Waals surface area contributed by atoms with Crippen LogP contribution in [-0.4, -0.2) is 17.9 Å². The first-order valence-corrected chi connectivity index (χ1v) is 7.49. The largest absolute Gasteiger partial charge is 0.382 e. The van der Waals surface area contributed by atoms with E-state index >= 15 is 0 Å². The number of rotatable bonds is 3. The normalized spacial score (nSPS) is 11.2. The predicted molar refractivity (Wildman–Crippen MR) is 89.2 cm³/mol. The molecule has 0 radical (unpaired) electrons. The first-order chi connectivity index (χ1) is 9.82. The van der Waals surface area contributed by atoms with E-state index in [9.17, 15) is 4.79 Å². The van der Waals surface area contributed by atoms with Gasteiger partial charge in [-0.05, 0) is 17.0 Å². The minimum Gasteiger partial charge on any atom is -0.382 e. The van der Waals surface area contributed by atoms with E-state index in [1.54, 1.807) is 7.05 Å². The van der Waals surface area contributed by atoms with Crippen LogP contribution in [0.15, 0.2) is 24.3 Å². The maximum absolute atomic E-state index is 12.4. The Morgan fingerprint density at radius 3 is 2.52 bits per heavy atom. The molecule has 0 aliphatic carbocycles. The smallest absolute Gasteiger partial charge is 0.269 e. The van der Waals surface area contributed by atoms with Crippen LogP contribution in [0.4, 0.5) is 16.6 Å². The Hall–Kier alpha value is -2.08. The summed E-state index contributed by atoms with van der Waals surface area (Å²) >= 11 is 1.24. The van der Waals surface area contributed by atoms with Crippen molar-refractivity contribution in [1.82, 2.24) is 4.98 Å². The highest BCUT2D eigenvalue weighted by atomic mass is 32.1. The molecule has 0 bridgehead atoms. The van der Waals surface area contributed by atoms with Crippen LogP contribution >= 0.6 is 11.3 Å². The summed E-state index contributed by atoms with van der Waals surface area (Å²) in [6.45, 7) is 6.33. The molecule has 0 atom stereocenters. The van der Waals surface area contributed by atoms with E-state index in [0.29, 0.717) is 10.0 Å². The summed E-state index contributed by atoms with van der Waals surface area (Å²) in [5.74, 6) is 0.0123. The summed E-state index contributed by atoms with van der Waals surface area (Å²) in [7, 11) is 1.74. The Morgan fingerprint density at radius 1 is 1.29 bits per heavy atom. The average Bonchev–Trinajstić information content (AvgIpc) is 2.79. The second-order valence-corrected chi connectivity index (χ2v) is 6.73. The third-order valence-corrected chi connectivity index (χ3v) is 4.14. The molecule has 0 saturated carbocycles. The number of carbonyl (C=O) groups is 1. The second-order valence-electron chi connectivity index (χ2n) is 5.73. The molecule has 1 aromatic carbocycles. The topological polar surface area (TPSA) is 80.0 Å². The number of benzene rings is 1. The van der Waals surface area contributed by atoms with Crippen LogP contribution in [0.3, 0.4) is 0 Å². The Balaban J connectivity index is 2.30. The molecule has 21 heavy (non-hydrogen) atoms. The summed E-state index contributed by atoms with van der Waals surface area (Å²) in [6.07, 6.45) is 0. The zero-order valence-corrected chi connectivity index (χ0v) is 13.5. The van der Waals surface area contributed by atoms with Gasteiger partial charge >= 0.3 is 0 Å². The van der Waals surface area contributed by atoms with Gasteiger partial charge in [0.15, 0.2) is 5.13 Å². The Labute approximate surface area is 128 Å². The molecule has 112 valence electrons. The zero-order chi connectivity index (χ0) is 15.6. The van der Waals surface area contributed by atoms with Gasteiger partial charge in [0.2, 0.25) is 0 Å². The summed E-state index contributed by atoms with van der Waals surface area (Å²) in [4.78, 5) is 16.9. The number of aromatic nitrogens is 1. The Kier molecular flexibility index (Phi) is 4.18. The van der Waals surface area contributed by atoms with E-state index in [0.717, 1.165) is 11.3 Å². The van der Waals surface area contributed by atoms with Crippen LogP contribution in [-0.2, 0) is 5.41 Å². The van der Waals surface area contributed by atoms with Gasteiger partial charge in [-0.3, -0.25) is 4.79 Å². The molecule has 2 rings (SSSR count). The van der Waals surface area contributed by atoms with Crippen LogP contribution in [0.25, 0.3) is 0 Å². The van der Waals surface area contributed by atoms with Crippen molar-refractivity contribution in [2.45, 2.75) is 26.2 Å². The molecule has 0 spiro atoms. The zero-order valence-electron chi connectivity index (χ0n) is 12.7. The van der Waals surface area contributed by atoms with E-state index in [4.69, 9.17) is 5.73 Å². The van der Waals surface area contributed by atoms with E-state index in [1.807, 2.05) is 24.3 Å². The molecule has 0 fully saturated rings. The molecule has 1 heterocycles. The highest BCUT2D eigenvalue weighted by Crippen LogP contribution is 2.31. The number of nitrogen functional groups attached to an aromatic ring is 1. The third kappa shape index (κ3) is 3.33. The number of nitrogens with two attached hydrogens (primary N) is 1. The van der Waals surface area contributed by atoms with Gasteiger partial charge in [0.25, 0.3) is 5.91 Å².